The van der Waals surface area contributed by atoms with Crippen molar-refractivity contribution in [3.8, 4) is 134 Å². The molecule has 1 unspecified atom stereocenters. The van der Waals surface area contributed by atoms with Crippen LogP contribution in [0.1, 0.15) is 22.6 Å². The van der Waals surface area contributed by atoms with Crippen molar-refractivity contribution in [2.75, 3.05) is 0 Å². The van der Waals surface area contributed by atoms with E-state index in [2.05, 4.69) is 340 Å². The van der Waals surface area contributed by atoms with E-state index in [0.717, 1.165) is 83.6 Å². The Bertz CT molecular complexity index is 6070. The smallest absolute Gasteiger partial charge is 0.160 e. The number of fused-ring (bicyclic) bond motifs is 9. The summed E-state index contributed by atoms with van der Waals surface area (Å²) in [5.74, 6) is 0.693. The summed E-state index contributed by atoms with van der Waals surface area (Å²) in [5, 5.41) is 8.37. The third-order valence-electron chi connectivity index (χ3n) is 20.7. The van der Waals surface area contributed by atoms with Crippen LogP contribution in [0.3, 0.4) is 0 Å². The molecule has 20 rings (SSSR count). The van der Waals surface area contributed by atoms with E-state index in [0.29, 0.717) is 5.82 Å². The van der Waals surface area contributed by atoms with Crippen LogP contribution >= 0.6 is 0 Å². The van der Waals surface area contributed by atoms with Crippen LogP contribution < -0.4 is 0 Å². The lowest BCUT2D eigenvalue weighted by Crippen LogP contribution is -2.11. The summed E-state index contributed by atoms with van der Waals surface area (Å²) in [6.07, 6.45) is 0. The number of hydrogen-bond donors (Lipinski definition) is 0. The quantitative estimate of drug-likeness (QED) is 0.137. The zero-order chi connectivity index (χ0) is 63.7. The number of nitrogens with zero attached hydrogens (tertiary/aromatic N) is 3. The monoisotopic (exact) mass is 1230 g/mol. The van der Waals surface area contributed by atoms with Gasteiger partial charge in [0.05, 0.1) is 28.5 Å². The van der Waals surface area contributed by atoms with Gasteiger partial charge in [0, 0.05) is 22.1 Å². The topological polar surface area (TPSA) is 38.1 Å². The second kappa shape index (κ2) is 22.0. The van der Waals surface area contributed by atoms with Gasteiger partial charge in [-0.1, -0.05) is 303 Å². The van der Waals surface area contributed by atoms with Gasteiger partial charge in [-0.2, -0.15) is 0 Å². The highest BCUT2D eigenvalue weighted by Crippen LogP contribution is 2.54. The Kier molecular flexibility index (Phi) is 12.4. The van der Waals surface area contributed by atoms with Crippen molar-refractivity contribution in [3.63, 3.8) is 0 Å². The molecule has 448 valence electrons. The minimum Gasteiger partial charge on any atom is -0.251 e. The molecule has 3 nitrogen and oxygen atoms in total. The molecule has 0 fully saturated rings. The van der Waals surface area contributed by atoms with E-state index in [9.17, 15) is 0 Å². The van der Waals surface area contributed by atoms with Gasteiger partial charge >= 0.3 is 0 Å². The van der Waals surface area contributed by atoms with E-state index in [1.807, 2.05) is 0 Å². The minimum absolute atomic E-state index is 0.0371. The van der Waals surface area contributed by atoms with Gasteiger partial charge in [-0.15, -0.1) is 0 Å². The standard InChI is InChI=1S/C94H57N3/c1-5-19-57(20-6-1)67-52-68-51-65(43-45-71(68)84(53-67)60-21-7-2-8-22-60)58-35-39-63(40-36-58)91-86-55-69(70-47-49-81-74-29-15-13-27-72(74)78-32-17-31-77(70)89(78)81)54-85(76-48-50-82-75-30-16-14-28-73(75)79-33-18-34-80(76)90(79)82)93(86)97-94(96-91)64-41-37-59(38-42-64)66-44-46-83-87(56-66)95-92(62-25-11-4-12-26-62)88(83)61-23-9-3-10-24-61/h1-56,88H. The third kappa shape index (κ3) is 8.86. The van der Waals surface area contributed by atoms with Crippen molar-refractivity contribution in [1.29, 1.82) is 0 Å². The molecule has 0 N–H and O–H groups in total. The number of benzene rings is 16. The van der Waals surface area contributed by atoms with E-state index in [1.54, 1.807) is 0 Å². The molecule has 17 aromatic rings. The zero-order valence-corrected chi connectivity index (χ0v) is 52.8. The molecule has 1 aliphatic heterocycles. The molecule has 1 atom stereocenters. The number of aromatic nitrogens is 2. The molecule has 97 heavy (non-hydrogen) atoms. The molecule has 0 saturated heterocycles. The van der Waals surface area contributed by atoms with Crippen LogP contribution in [0.5, 0.6) is 0 Å². The molecule has 0 spiro atoms. The Labute approximate surface area is 562 Å². The van der Waals surface area contributed by atoms with Gasteiger partial charge < -0.3 is 0 Å². The molecule has 2 heterocycles. The van der Waals surface area contributed by atoms with Crippen LogP contribution in [0, 0.1) is 0 Å². The molecule has 3 heteroatoms. The molecule has 2 aliphatic carbocycles. The Morgan fingerprint density at radius 2 is 0.691 bits per heavy atom. The third-order valence-corrected chi connectivity index (χ3v) is 20.7. The second-order valence-corrected chi connectivity index (χ2v) is 26.0. The number of rotatable bonds is 10. The number of aliphatic imine (C=N–C) groups is 1. The molecular weight excluding hydrogens is 1170 g/mol. The Hall–Kier alpha value is -12.7. The van der Waals surface area contributed by atoms with Crippen molar-refractivity contribution >= 4 is 54.6 Å². The maximum absolute atomic E-state index is 5.82. The highest BCUT2D eigenvalue weighted by molar-refractivity contribution is 6.22. The molecule has 0 saturated carbocycles. The molecule has 1 aromatic heterocycles. The van der Waals surface area contributed by atoms with Crippen molar-refractivity contribution in [2.24, 2.45) is 4.99 Å². The summed E-state index contributed by atoms with van der Waals surface area (Å²) < 4.78 is 0. The Balaban J connectivity index is 0.779. The van der Waals surface area contributed by atoms with Gasteiger partial charge in [0.1, 0.15) is 0 Å². The first-order valence-electron chi connectivity index (χ1n) is 33.5. The average Bonchev–Trinajstić information content (AvgIpc) is 1.65. The molecular formula is C94H57N3. The van der Waals surface area contributed by atoms with E-state index >= 15 is 0 Å². The van der Waals surface area contributed by atoms with Gasteiger partial charge in [-0.05, 0) is 191 Å². The Morgan fingerprint density at radius 3 is 1.33 bits per heavy atom. The normalized spacial score (nSPS) is 13.1. The van der Waals surface area contributed by atoms with E-state index < -0.39 is 0 Å². The van der Waals surface area contributed by atoms with Gasteiger partial charge in [-0.25, -0.2) is 9.97 Å². The zero-order valence-electron chi connectivity index (χ0n) is 52.8. The molecule has 3 aliphatic rings. The lowest BCUT2D eigenvalue weighted by molar-refractivity contribution is 1.11. The fourth-order valence-corrected chi connectivity index (χ4v) is 16.1. The maximum Gasteiger partial charge on any atom is 0.160 e. The largest absolute Gasteiger partial charge is 0.251 e. The van der Waals surface area contributed by atoms with E-state index in [-0.39, 0.29) is 5.92 Å². The van der Waals surface area contributed by atoms with Crippen LogP contribution in [0.25, 0.3) is 177 Å². The average molecular weight is 1230 g/mol. The van der Waals surface area contributed by atoms with Crippen LogP contribution in [0.2, 0.25) is 0 Å². The highest BCUT2D eigenvalue weighted by atomic mass is 14.9. The van der Waals surface area contributed by atoms with E-state index in [4.69, 9.17) is 15.0 Å². The minimum atomic E-state index is 0.0371. The van der Waals surface area contributed by atoms with Crippen LogP contribution in [-0.4, -0.2) is 15.7 Å². The highest BCUT2D eigenvalue weighted by Gasteiger charge is 2.31. The first-order chi connectivity index (χ1) is 48.1. The van der Waals surface area contributed by atoms with Crippen LogP contribution in [0.15, 0.2) is 345 Å². The van der Waals surface area contributed by atoms with Crippen LogP contribution in [0.4, 0.5) is 5.69 Å². The summed E-state index contributed by atoms with van der Waals surface area (Å²) >= 11 is 0. The summed E-state index contributed by atoms with van der Waals surface area (Å²) in [5.41, 5.74) is 33.2. The van der Waals surface area contributed by atoms with Crippen molar-refractivity contribution in [2.45, 2.75) is 5.92 Å². The lowest BCUT2D eigenvalue weighted by atomic mass is 9.85. The Morgan fingerprint density at radius 1 is 0.227 bits per heavy atom. The van der Waals surface area contributed by atoms with E-state index in [1.165, 1.54) is 116 Å². The van der Waals surface area contributed by atoms with Crippen molar-refractivity contribution < 1.29 is 0 Å². The molecule has 0 bridgehead atoms. The van der Waals surface area contributed by atoms with Gasteiger partial charge in [0.15, 0.2) is 5.82 Å². The molecule has 0 radical (unpaired) electrons. The SMILES string of the molecule is c1ccc(C2=Nc3cc(-c4ccc(-c5nc(-c6ccc(-c7ccc8c(-c9ccccc9)cc(-c9ccccc9)cc8c7)cc6)c6cc(-c7ccc8c9c(cccc79)-c7ccccc7-8)cc(-c7ccc8c9c(cccc79)-c7ccccc7-8)c6n5)cc4)ccc3C2c2ccccc2)cc1. The van der Waals surface area contributed by atoms with Gasteiger partial charge in [-0.3, -0.25) is 4.99 Å². The van der Waals surface area contributed by atoms with Crippen molar-refractivity contribution in [3.05, 3.63) is 356 Å². The van der Waals surface area contributed by atoms with Crippen LogP contribution in [-0.2, 0) is 0 Å². The summed E-state index contributed by atoms with van der Waals surface area (Å²) in [6, 6.07) is 125. The molecule has 0 amide bonds. The summed E-state index contributed by atoms with van der Waals surface area (Å²) in [4.78, 5) is 17.0. The van der Waals surface area contributed by atoms with Crippen molar-refractivity contribution in [1.82, 2.24) is 9.97 Å². The fraction of sp³-hybridized carbons (Fsp3) is 0.0106. The summed E-state index contributed by atoms with van der Waals surface area (Å²) in [6.45, 7) is 0. The second-order valence-electron chi connectivity index (χ2n) is 26.0. The predicted octanol–water partition coefficient (Wildman–Crippen LogP) is 25.0. The number of hydrogen-bond acceptors (Lipinski definition) is 3. The molecule has 16 aromatic carbocycles. The predicted molar refractivity (Wildman–Crippen MR) is 405 cm³/mol. The maximum atomic E-state index is 5.82. The van der Waals surface area contributed by atoms with Gasteiger partial charge in [0.2, 0.25) is 0 Å². The fourth-order valence-electron chi connectivity index (χ4n) is 16.1. The van der Waals surface area contributed by atoms with Gasteiger partial charge in [0.25, 0.3) is 0 Å². The lowest BCUT2D eigenvalue weighted by Gasteiger charge is -2.18. The summed E-state index contributed by atoms with van der Waals surface area (Å²) in [7, 11) is 0. The first kappa shape index (κ1) is 54.8. The first-order valence-corrected chi connectivity index (χ1v) is 33.5.